The standard InChI is InChI=1S/C31H50N4O6/c1-8-21(2)29(34(5)28(38)19-32-4)26(40-6)18-27(37)35-16-12-15-25(35)30(41-7)22(3)31(39)33-24(20-36)17-23-13-10-9-11-14-23/h9-11,13-14,20-22,24-26,29-30,32H,8,12,15-19H2,1-7H3,(H,33,39). The molecule has 1 fully saturated rings. The molecule has 1 aliphatic rings. The molecule has 10 heteroatoms. The van der Waals surface area contributed by atoms with Crippen molar-refractivity contribution >= 4 is 24.0 Å². The third-order valence-electron chi connectivity index (χ3n) is 8.42. The van der Waals surface area contributed by atoms with Crippen molar-refractivity contribution in [2.75, 3.05) is 41.4 Å². The molecule has 1 aromatic rings. The molecule has 2 rings (SSSR count). The van der Waals surface area contributed by atoms with Crippen LogP contribution in [-0.4, -0.2) is 106 Å². The number of carbonyl (C=O) groups is 4. The average molecular weight is 575 g/mol. The van der Waals surface area contributed by atoms with Crippen molar-refractivity contribution < 1.29 is 28.7 Å². The third-order valence-corrected chi connectivity index (χ3v) is 8.42. The van der Waals surface area contributed by atoms with Gasteiger partial charge in [-0.05, 0) is 37.8 Å². The smallest absolute Gasteiger partial charge is 0.236 e. The highest BCUT2D eigenvalue weighted by atomic mass is 16.5. The van der Waals surface area contributed by atoms with Crippen molar-refractivity contribution in [3.05, 3.63) is 35.9 Å². The summed E-state index contributed by atoms with van der Waals surface area (Å²) in [6.45, 7) is 6.65. The second-order valence-electron chi connectivity index (χ2n) is 11.1. The Kier molecular flexibility index (Phi) is 14.4. The number of likely N-dealkylation sites (tertiary alicyclic amines) is 1. The molecule has 3 amide bonds. The number of benzene rings is 1. The molecule has 10 nitrogen and oxygen atoms in total. The Morgan fingerprint density at radius 1 is 1.15 bits per heavy atom. The van der Waals surface area contributed by atoms with Gasteiger partial charge in [-0.1, -0.05) is 57.5 Å². The van der Waals surface area contributed by atoms with Crippen LogP contribution in [0.4, 0.5) is 0 Å². The van der Waals surface area contributed by atoms with Gasteiger partial charge >= 0.3 is 0 Å². The Bertz CT molecular complexity index is 977. The SMILES string of the molecule is CCC(C)C(C(CC(=O)N1CCCC1C(OC)C(C)C(=O)NC(C=O)Cc1ccccc1)OC)N(C)C(=O)CNC. The van der Waals surface area contributed by atoms with Gasteiger partial charge in [0.1, 0.15) is 6.29 Å². The van der Waals surface area contributed by atoms with E-state index in [4.69, 9.17) is 9.47 Å². The number of carbonyl (C=O) groups excluding carboxylic acids is 4. The first-order valence-corrected chi connectivity index (χ1v) is 14.7. The molecular weight excluding hydrogens is 524 g/mol. The van der Waals surface area contributed by atoms with Gasteiger partial charge in [0.05, 0.1) is 49.2 Å². The first kappa shape index (κ1) is 34.4. The number of amides is 3. The van der Waals surface area contributed by atoms with E-state index in [9.17, 15) is 19.2 Å². The highest BCUT2D eigenvalue weighted by Gasteiger charge is 2.42. The van der Waals surface area contributed by atoms with Crippen LogP contribution in [0.3, 0.4) is 0 Å². The van der Waals surface area contributed by atoms with Crippen molar-refractivity contribution in [3.8, 4) is 0 Å². The van der Waals surface area contributed by atoms with E-state index in [0.717, 1.165) is 24.7 Å². The summed E-state index contributed by atoms with van der Waals surface area (Å²) in [7, 11) is 6.62. The van der Waals surface area contributed by atoms with Crippen LogP contribution < -0.4 is 10.6 Å². The second-order valence-corrected chi connectivity index (χ2v) is 11.1. The molecule has 7 atom stereocenters. The Morgan fingerprint density at radius 2 is 1.83 bits per heavy atom. The molecule has 0 bridgehead atoms. The maximum Gasteiger partial charge on any atom is 0.236 e. The highest BCUT2D eigenvalue weighted by Crippen LogP contribution is 2.29. The van der Waals surface area contributed by atoms with Crippen LogP contribution in [0.5, 0.6) is 0 Å². The number of nitrogens with zero attached hydrogens (tertiary/aromatic N) is 2. The van der Waals surface area contributed by atoms with E-state index in [1.807, 2.05) is 30.3 Å². The molecule has 0 aromatic heterocycles. The normalized spacial score (nSPS) is 19.5. The average Bonchev–Trinajstić information content (AvgIpc) is 3.46. The molecule has 7 unspecified atom stereocenters. The van der Waals surface area contributed by atoms with Crippen molar-refractivity contribution in [2.24, 2.45) is 11.8 Å². The number of ether oxygens (including phenoxy) is 2. The lowest BCUT2D eigenvalue weighted by Crippen LogP contribution is -2.54. The fourth-order valence-electron chi connectivity index (χ4n) is 5.92. The quantitative estimate of drug-likeness (QED) is 0.274. The summed E-state index contributed by atoms with van der Waals surface area (Å²) in [5.74, 6) is -0.920. The molecule has 230 valence electrons. The Balaban J connectivity index is 2.14. The minimum atomic E-state index is -0.659. The van der Waals surface area contributed by atoms with Crippen molar-refractivity contribution in [3.63, 3.8) is 0 Å². The first-order valence-electron chi connectivity index (χ1n) is 14.7. The fraction of sp³-hybridized carbons (Fsp3) is 0.677. The number of methoxy groups -OCH3 is 2. The number of likely N-dealkylation sites (N-methyl/N-ethyl adjacent to an activating group) is 2. The van der Waals surface area contributed by atoms with Crippen LogP contribution in [0.25, 0.3) is 0 Å². The molecule has 1 aromatic carbocycles. The summed E-state index contributed by atoms with van der Waals surface area (Å²) in [6, 6.07) is 8.30. The summed E-state index contributed by atoms with van der Waals surface area (Å²) in [4.78, 5) is 54.9. The van der Waals surface area contributed by atoms with Crippen molar-refractivity contribution in [2.45, 2.75) is 83.2 Å². The largest absolute Gasteiger partial charge is 0.379 e. The van der Waals surface area contributed by atoms with E-state index in [1.54, 1.807) is 45.0 Å². The molecule has 0 spiro atoms. The Morgan fingerprint density at radius 3 is 2.39 bits per heavy atom. The molecule has 0 saturated carbocycles. The molecule has 1 saturated heterocycles. The van der Waals surface area contributed by atoms with Crippen LogP contribution in [-0.2, 0) is 35.1 Å². The van der Waals surface area contributed by atoms with Crippen molar-refractivity contribution in [1.29, 1.82) is 0 Å². The van der Waals surface area contributed by atoms with Crippen LogP contribution in [0.15, 0.2) is 30.3 Å². The Labute approximate surface area is 245 Å². The van der Waals surface area contributed by atoms with Crippen LogP contribution in [0.2, 0.25) is 0 Å². The van der Waals surface area contributed by atoms with E-state index >= 15 is 0 Å². The Hall–Kier alpha value is -2.82. The van der Waals surface area contributed by atoms with Gasteiger partial charge < -0.3 is 34.7 Å². The first-order chi connectivity index (χ1) is 19.6. The predicted octanol–water partition coefficient (Wildman–Crippen LogP) is 2.05. The zero-order chi connectivity index (χ0) is 30.5. The van der Waals surface area contributed by atoms with E-state index in [2.05, 4.69) is 24.5 Å². The second kappa shape index (κ2) is 17.2. The monoisotopic (exact) mass is 574 g/mol. The van der Waals surface area contributed by atoms with Crippen molar-refractivity contribution in [1.82, 2.24) is 20.4 Å². The molecule has 0 radical (unpaired) electrons. The number of nitrogens with one attached hydrogen (secondary N) is 2. The van der Waals surface area contributed by atoms with Crippen LogP contribution in [0.1, 0.15) is 52.0 Å². The van der Waals surface area contributed by atoms with Gasteiger partial charge in [-0.2, -0.15) is 0 Å². The minimum Gasteiger partial charge on any atom is -0.379 e. The summed E-state index contributed by atoms with van der Waals surface area (Å²) in [5.41, 5.74) is 0.954. The third kappa shape index (κ3) is 9.34. The fourth-order valence-corrected chi connectivity index (χ4v) is 5.92. The van der Waals surface area contributed by atoms with Gasteiger partial charge in [0.25, 0.3) is 0 Å². The molecule has 2 N–H and O–H groups in total. The van der Waals surface area contributed by atoms with Gasteiger partial charge in [-0.3, -0.25) is 14.4 Å². The topological polar surface area (TPSA) is 117 Å². The lowest BCUT2D eigenvalue weighted by Gasteiger charge is -2.39. The van der Waals surface area contributed by atoms with Gasteiger partial charge in [0, 0.05) is 27.8 Å². The zero-order valence-corrected chi connectivity index (χ0v) is 25.8. The van der Waals surface area contributed by atoms with Crippen LogP contribution in [0, 0.1) is 11.8 Å². The summed E-state index contributed by atoms with van der Waals surface area (Å²) in [6.07, 6.45) is 2.55. The lowest BCUT2D eigenvalue weighted by molar-refractivity contribution is -0.145. The summed E-state index contributed by atoms with van der Waals surface area (Å²) < 4.78 is 11.7. The summed E-state index contributed by atoms with van der Waals surface area (Å²) >= 11 is 0. The highest BCUT2D eigenvalue weighted by molar-refractivity contribution is 5.83. The molecule has 41 heavy (non-hydrogen) atoms. The van der Waals surface area contributed by atoms with Crippen LogP contribution >= 0.6 is 0 Å². The number of hydrogen-bond acceptors (Lipinski definition) is 7. The van der Waals surface area contributed by atoms with E-state index < -0.39 is 24.2 Å². The van der Waals surface area contributed by atoms with E-state index in [-0.39, 0.29) is 48.7 Å². The number of hydrogen-bond donors (Lipinski definition) is 2. The van der Waals surface area contributed by atoms with E-state index in [0.29, 0.717) is 19.4 Å². The maximum absolute atomic E-state index is 13.7. The molecule has 0 aliphatic carbocycles. The van der Waals surface area contributed by atoms with Gasteiger partial charge in [-0.15, -0.1) is 0 Å². The van der Waals surface area contributed by atoms with Gasteiger partial charge in [0.2, 0.25) is 17.7 Å². The summed E-state index contributed by atoms with van der Waals surface area (Å²) in [5, 5.41) is 5.75. The zero-order valence-electron chi connectivity index (χ0n) is 25.8. The molecular formula is C31H50N4O6. The molecule has 1 heterocycles. The lowest BCUT2D eigenvalue weighted by atomic mass is 9.90. The minimum absolute atomic E-state index is 0.0634. The number of aldehydes is 1. The van der Waals surface area contributed by atoms with Gasteiger partial charge in [-0.25, -0.2) is 0 Å². The molecule has 1 aliphatic heterocycles. The maximum atomic E-state index is 13.7. The van der Waals surface area contributed by atoms with E-state index in [1.165, 1.54) is 0 Å². The van der Waals surface area contributed by atoms with Gasteiger partial charge in [0.15, 0.2) is 0 Å². The predicted molar refractivity (Wildman–Crippen MR) is 158 cm³/mol. The number of rotatable bonds is 17.